The fourth-order valence-electron chi connectivity index (χ4n) is 2.85. The number of carbonyl (C=O) groups excluding carboxylic acids is 2. The lowest BCUT2D eigenvalue weighted by molar-refractivity contribution is -0.117. The van der Waals surface area contributed by atoms with Crippen molar-refractivity contribution >= 4 is 35.0 Å². The lowest BCUT2D eigenvalue weighted by Crippen LogP contribution is -2.54. The molecule has 142 valence electrons. The van der Waals surface area contributed by atoms with Gasteiger partial charge in [-0.05, 0) is 37.3 Å². The van der Waals surface area contributed by atoms with E-state index >= 15 is 0 Å². The van der Waals surface area contributed by atoms with Crippen LogP contribution in [-0.4, -0.2) is 54.0 Å². The van der Waals surface area contributed by atoms with Crippen LogP contribution >= 0.6 is 11.6 Å². The Morgan fingerprint density at radius 2 is 1.89 bits per heavy atom. The summed E-state index contributed by atoms with van der Waals surface area (Å²) in [7, 11) is 0. The summed E-state index contributed by atoms with van der Waals surface area (Å²) in [4.78, 5) is 32.6. The Morgan fingerprint density at radius 1 is 1.11 bits per heavy atom. The van der Waals surface area contributed by atoms with E-state index < -0.39 is 6.04 Å². The molecule has 1 aromatic carbocycles. The van der Waals surface area contributed by atoms with Crippen molar-refractivity contribution in [3.8, 4) is 0 Å². The summed E-state index contributed by atoms with van der Waals surface area (Å²) in [5, 5.41) is 6.12. The van der Waals surface area contributed by atoms with E-state index in [2.05, 4.69) is 20.5 Å². The number of carbonyl (C=O) groups is 2. The first-order chi connectivity index (χ1) is 13.0. The van der Waals surface area contributed by atoms with Crippen LogP contribution in [0.5, 0.6) is 0 Å². The van der Waals surface area contributed by atoms with E-state index in [-0.39, 0.29) is 11.9 Å². The third-order valence-corrected chi connectivity index (χ3v) is 4.62. The number of rotatable bonds is 4. The molecule has 0 spiro atoms. The number of piperazine rings is 1. The van der Waals surface area contributed by atoms with Crippen molar-refractivity contribution in [3.63, 3.8) is 0 Å². The molecule has 3 rings (SSSR count). The molecule has 1 atom stereocenters. The number of anilines is 2. The predicted molar refractivity (Wildman–Crippen MR) is 106 cm³/mol. The predicted octanol–water partition coefficient (Wildman–Crippen LogP) is 2.59. The van der Waals surface area contributed by atoms with E-state index in [9.17, 15) is 9.59 Å². The van der Waals surface area contributed by atoms with Crippen LogP contribution < -0.4 is 15.5 Å². The summed E-state index contributed by atoms with van der Waals surface area (Å²) < 4.78 is 0. The van der Waals surface area contributed by atoms with Crippen molar-refractivity contribution < 1.29 is 9.59 Å². The molecule has 2 aromatic rings. The second-order valence-electron chi connectivity index (χ2n) is 6.33. The maximum absolute atomic E-state index is 12.4. The highest BCUT2D eigenvalue weighted by Crippen LogP contribution is 2.20. The Labute approximate surface area is 163 Å². The number of hydrogen-bond acceptors (Lipinski definition) is 4. The third kappa shape index (κ3) is 5.10. The molecule has 8 heteroatoms. The lowest BCUT2D eigenvalue weighted by atomic mass is 10.2. The van der Waals surface area contributed by atoms with Crippen LogP contribution in [0, 0.1) is 0 Å². The number of nitrogens with zero attached hydrogens (tertiary/aromatic N) is 3. The van der Waals surface area contributed by atoms with Crippen molar-refractivity contribution in [1.82, 2.24) is 15.2 Å². The van der Waals surface area contributed by atoms with E-state index in [0.717, 1.165) is 5.69 Å². The maximum atomic E-state index is 12.4. The Balaban J connectivity index is 1.48. The van der Waals surface area contributed by atoms with Crippen LogP contribution in [0.2, 0.25) is 5.02 Å². The second-order valence-corrected chi connectivity index (χ2v) is 6.77. The molecule has 0 radical (unpaired) electrons. The molecular weight excluding hydrogens is 366 g/mol. The zero-order valence-corrected chi connectivity index (χ0v) is 15.8. The van der Waals surface area contributed by atoms with Gasteiger partial charge in [-0.3, -0.25) is 4.79 Å². The molecule has 3 amide bonds. The molecule has 2 heterocycles. The monoisotopic (exact) mass is 387 g/mol. The molecule has 0 bridgehead atoms. The van der Waals surface area contributed by atoms with Crippen molar-refractivity contribution in [2.45, 2.75) is 13.0 Å². The summed E-state index contributed by atoms with van der Waals surface area (Å²) in [6.45, 7) is 4.22. The standard InChI is InChI=1S/C19H22ClN5O2/c1-14(18(26)23-17-7-2-3-8-21-17)22-19(27)25-11-9-24(10-12-25)16-6-4-5-15(20)13-16/h2-8,13-14H,9-12H2,1H3,(H,22,27)(H,21,23,26)/t14-/m1/s1. The summed E-state index contributed by atoms with van der Waals surface area (Å²) in [6, 6.07) is 12.0. The van der Waals surface area contributed by atoms with Gasteiger partial charge in [0.1, 0.15) is 11.9 Å². The molecular formula is C19H22ClN5O2. The fourth-order valence-corrected chi connectivity index (χ4v) is 3.04. The van der Waals surface area contributed by atoms with Gasteiger partial charge in [0.25, 0.3) is 0 Å². The lowest BCUT2D eigenvalue weighted by Gasteiger charge is -2.36. The van der Waals surface area contributed by atoms with E-state index in [1.165, 1.54) is 0 Å². The van der Waals surface area contributed by atoms with Gasteiger partial charge in [-0.15, -0.1) is 0 Å². The molecule has 1 aliphatic rings. The van der Waals surface area contributed by atoms with Gasteiger partial charge in [0.15, 0.2) is 0 Å². The number of urea groups is 1. The number of halogens is 1. The topological polar surface area (TPSA) is 77.6 Å². The van der Waals surface area contributed by atoms with E-state index in [1.54, 1.807) is 36.2 Å². The van der Waals surface area contributed by atoms with Crippen LogP contribution in [-0.2, 0) is 4.79 Å². The first kappa shape index (κ1) is 19.0. The van der Waals surface area contributed by atoms with Gasteiger partial charge in [0.05, 0.1) is 0 Å². The third-order valence-electron chi connectivity index (χ3n) is 4.39. The number of amides is 3. The zero-order chi connectivity index (χ0) is 19.2. The van der Waals surface area contributed by atoms with E-state index in [4.69, 9.17) is 11.6 Å². The molecule has 7 nitrogen and oxygen atoms in total. The molecule has 1 saturated heterocycles. The molecule has 0 unspecified atom stereocenters. The average molecular weight is 388 g/mol. The summed E-state index contributed by atoms with van der Waals surface area (Å²) in [5.74, 6) is 0.151. The Kier molecular flexibility index (Phi) is 6.13. The van der Waals surface area contributed by atoms with Crippen LogP contribution in [0.3, 0.4) is 0 Å². The Bertz CT molecular complexity index is 794. The highest BCUT2D eigenvalue weighted by Gasteiger charge is 2.24. The number of benzene rings is 1. The minimum Gasteiger partial charge on any atom is -0.368 e. The largest absolute Gasteiger partial charge is 0.368 e. The maximum Gasteiger partial charge on any atom is 0.318 e. The first-order valence-corrected chi connectivity index (χ1v) is 9.18. The molecule has 2 N–H and O–H groups in total. The molecule has 0 aliphatic carbocycles. The van der Waals surface area contributed by atoms with Gasteiger partial charge in [0.2, 0.25) is 5.91 Å². The zero-order valence-electron chi connectivity index (χ0n) is 15.1. The number of aromatic nitrogens is 1. The van der Waals surface area contributed by atoms with Gasteiger partial charge in [0, 0.05) is 43.1 Å². The minimum absolute atomic E-state index is 0.246. The normalized spacial score (nSPS) is 15.2. The number of nitrogens with one attached hydrogen (secondary N) is 2. The minimum atomic E-state index is -0.662. The van der Waals surface area contributed by atoms with E-state index in [0.29, 0.717) is 37.0 Å². The average Bonchev–Trinajstić information content (AvgIpc) is 2.69. The SMILES string of the molecule is C[C@@H](NC(=O)N1CCN(c2cccc(Cl)c2)CC1)C(=O)Nc1ccccn1. The van der Waals surface area contributed by atoms with Crippen molar-refractivity contribution in [3.05, 3.63) is 53.7 Å². The summed E-state index contributed by atoms with van der Waals surface area (Å²) in [5.41, 5.74) is 1.05. The smallest absolute Gasteiger partial charge is 0.318 e. The highest BCUT2D eigenvalue weighted by atomic mass is 35.5. The molecule has 27 heavy (non-hydrogen) atoms. The number of pyridine rings is 1. The summed E-state index contributed by atoms with van der Waals surface area (Å²) >= 11 is 6.04. The van der Waals surface area contributed by atoms with E-state index in [1.807, 2.05) is 24.3 Å². The van der Waals surface area contributed by atoms with Crippen molar-refractivity contribution in [2.75, 3.05) is 36.4 Å². The number of hydrogen-bond donors (Lipinski definition) is 2. The van der Waals surface area contributed by atoms with Gasteiger partial charge in [-0.25, -0.2) is 9.78 Å². The Hall–Kier alpha value is -2.80. The highest BCUT2D eigenvalue weighted by molar-refractivity contribution is 6.30. The second kappa shape index (κ2) is 8.73. The van der Waals surface area contributed by atoms with Crippen molar-refractivity contribution in [1.29, 1.82) is 0 Å². The first-order valence-electron chi connectivity index (χ1n) is 8.81. The van der Waals surface area contributed by atoms with Gasteiger partial charge in [-0.1, -0.05) is 23.7 Å². The van der Waals surface area contributed by atoms with Crippen LogP contribution in [0.4, 0.5) is 16.3 Å². The summed E-state index contributed by atoms with van der Waals surface area (Å²) in [6.07, 6.45) is 1.60. The van der Waals surface area contributed by atoms with Gasteiger partial charge in [-0.2, -0.15) is 0 Å². The van der Waals surface area contributed by atoms with Gasteiger partial charge >= 0.3 is 6.03 Å². The molecule has 0 saturated carbocycles. The fraction of sp³-hybridized carbons (Fsp3) is 0.316. The molecule has 1 aromatic heterocycles. The van der Waals surface area contributed by atoms with Crippen LogP contribution in [0.25, 0.3) is 0 Å². The Morgan fingerprint density at radius 3 is 2.56 bits per heavy atom. The molecule has 1 aliphatic heterocycles. The van der Waals surface area contributed by atoms with Crippen molar-refractivity contribution in [2.24, 2.45) is 0 Å². The molecule has 1 fully saturated rings. The van der Waals surface area contributed by atoms with Gasteiger partial charge < -0.3 is 20.4 Å². The van der Waals surface area contributed by atoms with Crippen LogP contribution in [0.1, 0.15) is 6.92 Å². The van der Waals surface area contributed by atoms with Crippen LogP contribution in [0.15, 0.2) is 48.7 Å². The quantitative estimate of drug-likeness (QED) is 0.845.